The van der Waals surface area contributed by atoms with Gasteiger partial charge >= 0.3 is 0 Å². The molecule has 29 heavy (non-hydrogen) atoms. The third kappa shape index (κ3) is 3.14. The second-order valence-electron chi connectivity index (χ2n) is 6.56. The third-order valence-electron chi connectivity index (χ3n) is 4.96. The van der Waals surface area contributed by atoms with Gasteiger partial charge in [0, 0.05) is 41.9 Å². The maximum atomic E-state index is 12.6. The number of nitrogens with zero attached hydrogens (tertiary/aromatic N) is 4. The molecule has 0 radical (unpaired) electrons. The van der Waals surface area contributed by atoms with Gasteiger partial charge in [-0.15, -0.1) is 0 Å². The molecule has 1 aliphatic rings. The maximum Gasteiger partial charge on any atom is 0.252 e. The number of nitrogens with one attached hydrogen (secondary N) is 1. The molecule has 1 atom stereocenters. The molecule has 0 fully saturated rings. The van der Waals surface area contributed by atoms with Crippen LogP contribution >= 0.6 is 0 Å². The minimum absolute atomic E-state index is 0.128. The van der Waals surface area contributed by atoms with Crippen LogP contribution in [0.25, 0.3) is 5.95 Å². The van der Waals surface area contributed by atoms with Gasteiger partial charge in [-0.2, -0.15) is 9.78 Å². The quantitative estimate of drug-likeness (QED) is 0.708. The Morgan fingerprint density at radius 2 is 1.69 bits per heavy atom. The predicted molar refractivity (Wildman–Crippen MR) is 105 cm³/mol. The molecule has 0 aliphatic carbocycles. The van der Waals surface area contributed by atoms with Crippen molar-refractivity contribution >= 4 is 11.7 Å². The number of hydrogen-bond acceptors (Lipinski definition) is 7. The summed E-state index contributed by atoms with van der Waals surface area (Å²) in [6.07, 6.45) is 3.51. The number of rotatable bonds is 5. The highest BCUT2D eigenvalue weighted by atomic mass is 16.5. The number of amides is 1. The molecule has 0 bridgehead atoms. The summed E-state index contributed by atoms with van der Waals surface area (Å²) >= 11 is 0. The first-order chi connectivity index (χ1) is 14.1. The molecular formula is C20H21N5O4. The van der Waals surface area contributed by atoms with Crippen molar-refractivity contribution in [3.05, 3.63) is 47.4 Å². The highest BCUT2D eigenvalue weighted by molar-refractivity contribution is 5.95. The number of benzene rings is 1. The number of carbonyl (C=O) groups is 1. The number of aryl methyl sites for hydroxylation is 1. The molecule has 0 saturated carbocycles. The second-order valence-corrected chi connectivity index (χ2v) is 6.56. The fourth-order valence-corrected chi connectivity index (χ4v) is 3.68. The minimum Gasteiger partial charge on any atom is -0.496 e. The molecule has 4 rings (SSSR count). The highest BCUT2D eigenvalue weighted by Gasteiger charge is 2.35. The number of hydrogen-bond donors (Lipinski definition) is 1. The summed E-state index contributed by atoms with van der Waals surface area (Å²) in [5, 5.41) is 7.51. The smallest absolute Gasteiger partial charge is 0.252 e. The molecule has 0 spiro atoms. The summed E-state index contributed by atoms with van der Waals surface area (Å²) in [7, 11) is 4.73. The molecule has 3 heterocycles. The zero-order valence-corrected chi connectivity index (χ0v) is 16.6. The van der Waals surface area contributed by atoms with Gasteiger partial charge < -0.3 is 19.5 Å². The Kier molecular flexibility index (Phi) is 4.79. The lowest BCUT2D eigenvalue weighted by Gasteiger charge is -2.26. The summed E-state index contributed by atoms with van der Waals surface area (Å²) in [5.41, 5.74) is 2.48. The highest BCUT2D eigenvalue weighted by Crippen LogP contribution is 2.46. The molecule has 1 N–H and O–H groups in total. The van der Waals surface area contributed by atoms with Crippen LogP contribution in [0.5, 0.6) is 17.2 Å². The van der Waals surface area contributed by atoms with Gasteiger partial charge in [0.15, 0.2) is 11.5 Å². The van der Waals surface area contributed by atoms with Gasteiger partial charge in [-0.3, -0.25) is 4.79 Å². The lowest BCUT2D eigenvalue weighted by atomic mass is 9.85. The Hall–Kier alpha value is -3.62. The van der Waals surface area contributed by atoms with Gasteiger partial charge in [-0.05, 0) is 19.1 Å². The van der Waals surface area contributed by atoms with E-state index in [9.17, 15) is 4.79 Å². The Balaban J connectivity index is 1.91. The second kappa shape index (κ2) is 7.42. The van der Waals surface area contributed by atoms with Gasteiger partial charge in [-0.1, -0.05) is 0 Å². The Morgan fingerprint density at radius 1 is 1.03 bits per heavy atom. The molecule has 1 aliphatic heterocycles. The normalized spacial score (nSPS) is 15.4. The van der Waals surface area contributed by atoms with E-state index in [1.54, 1.807) is 50.5 Å². The average Bonchev–Trinajstić information content (AvgIpc) is 3.08. The molecule has 150 valence electrons. The summed E-state index contributed by atoms with van der Waals surface area (Å²) in [5.74, 6) is 2.27. The minimum atomic E-state index is -0.272. The van der Waals surface area contributed by atoms with Crippen molar-refractivity contribution in [1.29, 1.82) is 0 Å². The van der Waals surface area contributed by atoms with E-state index in [0.717, 1.165) is 16.8 Å². The van der Waals surface area contributed by atoms with E-state index < -0.39 is 0 Å². The van der Waals surface area contributed by atoms with Crippen LogP contribution in [0, 0.1) is 6.92 Å². The van der Waals surface area contributed by atoms with Gasteiger partial charge in [0.05, 0.1) is 27.0 Å². The molecule has 9 heteroatoms. The standard InChI is InChI=1S/C20H21N5O4/c1-11-18-13(12-8-15(28-3)16(29-4)10-14(12)27-2)9-17(26)23-19(18)25(24-11)20-21-6-5-7-22-20/h5-8,10,13H,9H2,1-4H3,(H,23,26). The lowest BCUT2D eigenvalue weighted by Crippen LogP contribution is -2.25. The fraction of sp³-hybridized carbons (Fsp3) is 0.300. The summed E-state index contributed by atoms with van der Waals surface area (Å²) in [4.78, 5) is 21.1. The van der Waals surface area contributed by atoms with Crippen molar-refractivity contribution in [2.24, 2.45) is 0 Å². The number of methoxy groups -OCH3 is 3. The largest absolute Gasteiger partial charge is 0.496 e. The molecule has 1 amide bonds. The van der Waals surface area contributed by atoms with Crippen molar-refractivity contribution < 1.29 is 19.0 Å². The summed E-state index contributed by atoms with van der Waals surface area (Å²) in [6.45, 7) is 1.90. The Bertz CT molecular complexity index is 1060. The topological polar surface area (TPSA) is 100 Å². The van der Waals surface area contributed by atoms with Crippen molar-refractivity contribution in [2.75, 3.05) is 26.6 Å². The summed E-state index contributed by atoms with van der Waals surface area (Å²) < 4.78 is 18.0. The molecule has 0 saturated heterocycles. The lowest BCUT2D eigenvalue weighted by molar-refractivity contribution is -0.116. The van der Waals surface area contributed by atoms with Crippen LogP contribution in [-0.2, 0) is 4.79 Å². The third-order valence-corrected chi connectivity index (χ3v) is 4.96. The number of ether oxygens (including phenoxy) is 3. The molecular weight excluding hydrogens is 374 g/mol. The fourth-order valence-electron chi connectivity index (χ4n) is 3.68. The Labute approximate surface area is 167 Å². The van der Waals surface area contributed by atoms with Crippen LogP contribution in [0.3, 0.4) is 0 Å². The molecule has 3 aromatic rings. The van der Waals surface area contributed by atoms with E-state index in [0.29, 0.717) is 29.0 Å². The van der Waals surface area contributed by atoms with E-state index >= 15 is 0 Å². The van der Waals surface area contributed by atoms with Crippen LogP contribution in [0.2, 0.25) is 0 Å². The predicted octanol–water partition coefficient (Wildman–Crippen LogP) is 2.47. The first kappa shape index (κ1) is 18.7. The van der Waals surface area contributed by atoms with Gasteiger partial charge in [0.1, 0.15) is 11.6 Å². The van der Waals surface area contributed by atoms with Crippen LogP contribution in [0.1, 0.15) is 29.2 Å². The molecule has 9 nitrogen and oxygen atoms in total. The summed E-state index contributed by atoms with van der Waals surface area (Å²) in [6, 6.07) is 5.34. The van der Waals surface area contributed by atoms with Crippen molar-refractivity contribution in [2.45, 2.75) is 19.3 Å². The van der Waals surface area contributed by atoms with Gasteiger partial charge in [0.2, 0.25) is 5.91 Å². The van der Waals surface area contributed by atoms with E-state index in [1.807, 2.05) is 13.0 Å². The number of aromatic nitrogens is 4. The van der Waals surface area contributed by atoms with Crippen molar-refractivity contribution in [3.63, 3.8) is 0 Å². The van der Waals surface area contributed by atoms with Crippen molar-refractivity contribution in [3.8, 4) is 23.2 Å². The number of carbonyl (C=O) groups excluding carboxylic acids is 1. The van der Waals surface area contributed by atoms with Crippen LogP contribution in [-0.4, -0.2) is 47.0 Å². The Morgan fingerprint density at radius 3 is 2.34 bits per heavy atom. The van der Waals surface area contributed by atoms with E-state index in [1.165, 1.54) is 0 Å². The van der Waals surface area contributed by atoms with Gasteiger partial charge in [-0.25, -0.2) is 9.97 Å². The monoisotopic (exact) mass is 395 g/mol. The average molecular weight is 395 g/mol. The van der Waals surface area contributed by atoms with E-state index in [2.05, 4.69) is 20.4 Å². The maximum absolute atomic E-state index is 12.6. The number of anilines is 1. The van der Waals surface area contributed by atoms with Crippen LogP contribution in [0.15, 0.2) is 30.6 Å². The molecule has 1 aromatic carbocycles. The SMILES string of the molecule is COc1cc(OC)c(C2CC(=O)Nc3c2c(C)nn3-c2ncccn2)cc1OC. The molecule has 1 unspecified atom stereocenters. The van der Waals surface area contributed by atoms with E-state index in [4.69, 9.17) is 14.2 Å². The van der Waals surface area contributed by atoms with Crippen LogP contribution in [0.4, 0.5) is 5.82 Å². The molecule has 2 aromatic heterocycles. The van der Waals surface area contributed by atoms with Crippen LogP contribution < -0.4 is 19.5 Å². The first-order valence-corrected chi connectivity index (χ1v) is 9.04. The van der Waals surface area contributed by atoms with Crippen molar-refractivity contribution in [1.82, 2.24) is 19.7 Å². The van der Waals surface area contributed by atoms with Gasteiger partial charge in [0.25, 0.3) is 5.95 Å². The zero-order valence-electron chi connectivity index (χ0n) is 16.6. The number of fused-ring (bicyclic) bond motifs is 1. The van der Waals surface area contributed by atoms with E-state index in [-0.39, 0.29) is 18.2 Å². The zero-order chi connectivity index (χ0) is 20.5. The first-order valence-electron chi connectivity index (χ1n) is 9.04.